The first-order valence-electron chi connectivity index (χ1n) is 8.28. The highest BCUT2D eigenvalue weighted by molar-refractivity contribution is 7.09. The van der Waals surface area contributed by atoms with Gasteiger partial charge in [0.1, 0.15) is 10.8 Å². The molecule has 1 fully saturated rings. The number of hydrogen-bond acceptors (Lipinski definition) is 5. The molecule has 1 aromatic carbocycles. The van der Waals surface area contributed by atoms with Crippen LogP contribution in [0.2, 0.25) is 0 Å². The summed E-state index contributed by atoms with van der Waals surface area (Å²) >= 11 is 1.75. The van der Waals surface area contributed by atoms with Crippen LogP contribution in [-0.2, 0) is 17.6 Å². The highest BCUT2D eigenvalue weighted by Crippen LogP contribution is 2.28. The summed E-state index contributed by atoms with van der Waals surface area (Å²) < 4.78 is 11.3. The van der Waals surface area contributed by atoms with Gasteiger partial charge in [-0.1, -0.05) is 12.1 Å². The molecule has 0 bridgehead atoms. The summed E-state index contributed by atoms with van der Waals surface area (Å²) in [6.45, 7) is 6.49. The molecular formula is C18H22N2O2S. The maximum absolute atomic E-state index is 5.70. The van der Waals surface area contributed by atoms with E-state index in [0.717, 1.165) is 57.2 Å². The maximum Gasteiger partial charge on any atom is 0.122 e. The SMILES string of the molecule is Cc1csc(C2COCCN2CCc2ccc3c(c2)CCO3)n1. The predicted molar refractivity (Wildman–Crippen MR) is 91.3 cm³/mol. The lowest BCUT2D eigenvalue weighted by atomic mass is 10.1. The Morgan fingerprint density at radius 3 is 3.17 bits per heavy atom. The molecule has 0 saturated carbocycles. The fourth-order valence-corrected chi connectivity index (χ4v) is 4.24. The van der Waals surface area contributed by atoms with Gasteiger partial charge in [-0.25, -0.2) is 4.98 Å². The Morgan fingerprint density at radius 2 is 2.30 bits per heavy atom. The fourth-order valence-electron chi connectivity index (χ4n) is 3.33. The van der Waals surface area contributed by atoms with Crippen molar-refractivity contribution >= 4 is 11.3 Å². The smallest absolute Gasteiger partial charge is 0.122 e. The lowest BCUT2D eigenvalue weighted by Crippen LogP contribution is -2.40. The summed E-state index contributed by atoms with van der Waals surface area (Å²) in [4.78, 5) is 7.19. The van der Waals surface area contributed by atoms with E-state index in [4.69, 9.17) is 9.47 Å². The van der Waals surface area contributed by atoms with Crippen molar-refractivity contribution in [3.05, 3.63) is 45.4 Å². The van der Waals surface area contributed by atoms with Gasteiger partial charge in [0.15, 0.2) is 0 Å². The van der Waals surface area contributed by atoms with Crippen LogP contribution in [0.5, 0.6) is 5.75 Å². The van der Waals surface area contributed by atoms with Crippen LogP contribution < -0.4 is 4.74 Å². The Balaban J connectivity index is 1.44. The number of aromatic nitrogens is 1. The Labute approximate surface area is 141 Å². The molecule has 0 spiro atoms. The van der Waals surface area contributed by atoms with Crippen LogP contribution in [0.3, 0.4) is 0 Å². The van der Waals surface area contributed by atoms with Crippen molar-refractivity contribution < 1.29 is 9.47 Å². The van der Waals surface area contributed by atoms with E-state index in [2.05, 4.69) is 40.4 Å². The van der Waals surface area contributed by atoms with Crippen molar-refractivity contribution in [1.82, 2.24) is 9.88 Å². The average molecular weight is 330 g/mol. The van der Waals surface area contributed by atoms with E-state index in [9.17, 15) is 0 Å². The number of aryl methyl sites for hydroxylation is 1. The van der Waals surface area contributed by atoms with E-state index in [-0.39, 0.29) is 0 Å². The van der Waals surface area contributed by atoms with Gasteiger partial charge in [-0.3, -0.25) is 4.90 Å². The second-order valence-corrected chi connectivity index (χ2v) is 7.13. The first-order valence-corrected chi connectivity index (χ1v) is 9.16. The fraction of sp³-hybridized carbons (Fsp3) is 0.500. The zero-order chi connectivity index (χ0) is 15.6. The molecule has 0 amide bonds. The largest absolute Gasteiger partial charge is 0.493 e. The first-order chi connectivity index (χ1) is 11.3. The Hall–Kier alpha value is -1.43. The standard InChI is InChI=1S/C18H22N2O2S/c1-13-12-23-18(19-13)16-11-21-9-7-20(16)6-4-14-2-3-17-15(10-14)5-8-22-17/h2-3,10,12,16H,4-9,11H2,1H3. The second kappa shape index (κ2) is 6.59. The molecule has 1 aromatic heterocycles. The predicted octanol–water partition coefficient (Wildman–Crippen LogP) is 3.00. The van der Waals surface area contributed by atoms with Gasteiger partial charge < -0.3 is 9.47 Å². The molecule has 1 unspecified atom stereocenters. The molecule has 2 aliphatic heterocycles. The third-order valence-corrected chi connectivity index (χ3v) is 5.67. The minimum atomic E-state index is 0.306. The number of benzene rings is 1. The van der Waals surface area contributed by atoms with E-state index in [0.29, 0.717) is 6.04 Å². The van der Waals surface area contributed by atoms with Gasteiger partial charge in [-0.05, 0) is 30.5 Å². The van der Waals surface area contributed by atoms with Crippen LogP contribution in [0.4, 0.5) is 0 Å². The van der Waals surface area contributed by atoms with E-state index in [1.807, 2.05) is 0 Å². The molecule has 0 N–H and O–H groups in total. The van der Waals surface area contributed by atoms with Gasteiger partial charge in [0, 0.05) is 30.6 Å². The summed E-state index contributed by atoms with van der Waals surface area (Å²) in [6, 6.07) is 6.94. The molecule has 4 rings (SSSR count). The topological polar surface area (TPSA) is 34.6 Å². The van der Waals surface area contributed by atoms with Gasteiger partial charge in [-0.15, -0.1) is 11.3 Å². The molecule has 23 heavy (non-hydrogen) atoms. The monoisotopic (exact) mass is 330 g/mol. The number of fused-ring (bicyclic) bond motifs is 1. The molecule has 1 atom stereocenters. The molecule has 2 aromatic rings. The summed E-state index contributed by atoms with van der Waals surface area (Å²) in [5, 5.41) is 3.31. The van der Waals surface area contributed by atoms with Crippen LogP contribution in [-0.4, -0.2) is 42.8 Å². The van der Waals surface area contributed by atoms with Crippen LogP contribution in [0.25, 0.3) is 0 Å². The van der Waals surface area contributed by atoms with Crippen molar-refractivity contribution in [1.29, 1.82) is 0 Å². The van der Waals surface area contributed by atoms with Gasteiger partial charge in [-0.2, -0.15) is 0 Å². The molecule has 122 valence electrons. The maximum atomic E-state index is 5.70. The highest BCUT2D eigenvalue weighted by atomic mass is 32.1. The number of ether oxygens (including phenoxy) is 2. The van der Waals surface area contributed by atoms with Crippen LogP contribution in [0.1, 0.15) is 27.9 Å². The number of thiazole rings is 1. The minimum Gasteiger partial charge on any atom is -0.493 e. The number of rotatable bonds is 4. The molecule has 4 nitrogen and oxygen atoms in total. The van der Waals surface area contributed by atoms with Crippen LogP contribution in [0.15, 0.2) is 23.6 Å². The first kappa shape index (κ1) is 15.1. The molecule has 0 aliphatic carbocycles. The Morgan fingerprint density at radius 1 is 1.35 bits per heavy atom. The van der Waals surface area contributed by atoms with Gasteiger partial charge in [0.2, 0.25) is 0 Å². The lowest BCUT2D eigenvalue weighted by molar-refractivity contribution is -0.00794. The van der Waals surface area contributed by atoms with E-state index in [1.54, 1.807) is 11.3 Å². The van der Waals surface area contributed by atoms with Crippen molar-refractivity contribution in [2.24, 2.45) is 0 Å². The van der Waals surface area contributed by atoms with E-state index in [1.165, 1.54) is 16.1 Å². The second-order valence-electron chi connectivity index (χ2n) is 6.24. The molecule has 2 aliphatic rings. The molecule has 5 heteroatoms. The summed E-state index contributed by atoms with van der Waals surface area (Å²) in [5.41, 5.74) is 3.86. The normalized spacial score (nSPS) is 21.2. The van der Waals surface area contributed by atoms with Crippen molar-refractivity contribution in [2.45, 2.75) is 25.8 Å². The summed E-state index contributed by atoms with van der Waals surface area (Å²) in [6.07, 6.45) is 2.11. The van der Waals surface area contributed by atoms with Gasteiger partial charge >= 0.3 is 0 Å². The molecular weight excluding hydrogens is 308 g/mol. The van der Waals surface area contributed by atoms with E-state index < -0.39 is 0 Å². The summed E-state index contributed by atoms with van der Waals surface area (Å²) in [7, 11) is 0. The molecule has 1 saturated heterocycles. The van der Waals surface area contributed by atoms with Gasteiger partial charge in [0.05, 0.1) is 25.9 Å². The minimum absolute atomic E-state index is 0.306. The number of morpholine rings is 1. The Kier molecular flexibility index (Phi) is 4.33. The third kappa shape index (κ3) is 3.27. The van der Waals surface area contributed by atoms with Crippen LogP contribution in [0, 0.1) is 6.92 Å². The average Bonchev–Trinajstić information content (AvgIpc) is 3.21. The summed E-state index contributed by atoms with van der Waals surface area (Å²) in [5.74, 6) is 1.07. The number of hydrogen-bond donors (Lipinski definition) is 0. The van der Waals surface area contributed by atoms with Crippen molar-refractivity contribution in [3.63, 3.8) is 0 Å². The van der Waals surface area contributed by atoms with Crippen molar-refractivity contribution in [2.75, 3.05) is 32.9 Å². The van der Waals surface area contributed by atoms with Gasteiger partial charge in [0.25, 0.3) is 0 Å². The molecule has 3 heterocycles. The zero-order valence-corrected chi connectivity index (χ0v) is 14.3. The Bertz CT molecular complexity index is 685. The lowest BCUT2D eigenvalue weighted by Gasteiger charge is -2.34. The zero-order valence-electron chi connectivity index (χ0n) is 13.5. The quantitative estimate of drug-likeness (QED) is 0.863. The molecule has 0 radical (unpaired) electrons. The van der Waals surface area contributed by atoms with E-state index >= 15 is 0 Å². The van der Waals surface area contributed by atoms with Crippen molar-refractivity contribution in [3.8, 4) is 5.75 Å². The van der Waals surface area contributed by atoms with Crippen LogP contribution >= 0.6 is 11.3 Å². The highest BCUT2D eigenvalue weighted by Gasteiger charge is 2.26. The third-order valence-electron chi connectivity index (χ3n) is 4.60. The number of nitrogens with zero attached hydrogens (tertiary/aromatic N) is 2.